The molecule has 5 nitrogen and oxygen atoms in total. The first-order valence-corrected chi connectivity index (χ1v) is 8.19. The molecule has 0 aliphatic heterocycles. The van der Waals surface area contributed by atoms with Crippen molar-refractivity contribution in [3.8, 4) is 0 Å². The van der Waals surface area contributed by atoms with Crippen LogP contribution in [0.3, 0.4) is 0 Å². The Morgan fingerprint density at radius 1 is 1.17 bits per heavy atom. The van der Waals surface area contributed by atoms with Gasteiger partial charge in [0.1, 0.15) is 11.5 Å². The van der Waals surface area contributed by atoms with Crippen LogP contribution in [-0.2, 0) is 7.05 Å². The molecule has 1 amide bonds. The molecule has 1 atom stereocenters. The zero-order chi connectivity index (χ0) is 17.1. The molecule has 3 rings (SSSR count). The van der Waals surface area contributed by atoms with Gasteiger partial charge in [0.25, 0.3) is 5.91 Å². The van der Waals surface area contributed by atoms with Crippen molar-refractivity contribution in [1.82, 2.24) is 19.9 Å². The summed E-state index contributed by atoms with van der Waals surface area (Å²) in [6.07, 6.45) is 2.44. The summed E-state index contributed by atoms with van der Waals surface area (Å²) < 4.78 is 2.06. The van der Waals surface area contributed by atoms with Crippen LogP contribution < -0.4 is 5.32 Å². The number of benzene rings is 1. The van der Waals surface area contributed by atoms with Gasteiger partial charge in [-0.15, -0.1) is 0 Å². The number of fused-ring (bicyclic) bond motifs is 1. The van der Waals surface area contributed by atoms with Crippen LogP contribution in [0.15, 0.2) is 48.7 Å². The monoisotopic (exact) mass is 322 g/mol. The number of amides is 1. The van der Waals surface area contributed by atoms with Gasteiger partial charge in [-0.25, -0.2) is 4.98 Å². The molecular weight excluding hydrogens is 300 g/mol. The third-order valence-corrected chi connectivity index (χ3v) is 4.04. The van der Waals surface area contributed by atoms with Gasteiger partial charge in [0.05, 0.1) is 17.1 Å². The smallest absolute Gasteiger partial charge is 0.270 e. The van der Waals surface area contributed by atoms with Crippen LogP contribution in [0.1, 0.15) is 42.6 Å². The van der Waals surface area contributed by atoms with Crippen LogP contribution in [0.2, 0.25) is 0 Å². The quantitative estimate of drug-likeness (QED) is 0.782. The molecule has 1 N–H and O–H groups in total. The van der Waals surface area contributed by atoms with Crippen LogP contribution in [-0.4, -0.2) is 20.4 Å². The van der Waals surface area contributed by atoms with Gasteiger partial charge in [-0.05, 0) is 36.6 Å². The normalized spacial score (nSPS) is 12.5. The molecule has 1 unspecified atom stereocenters. The van der Waals surface area contributed by atoms with Gasteiger partial charge in [-0.3, -0.25) is 9.78 Å². The fourth-order valence-electron chi connectivity index (χ4n) is 2.91. The summed E-state index contributed by atoms with van der Waals surface area (Å²) >= 11 is 0. The van der Waals surface area contributed by atoms with E-state index in [-0.39, 0.29) is 11.9 Å². The lowest BCUT2D eigenvalue weighted by atomic mass is 10.0. The minimum absolute atomic E-state index is 0.156. The predicted octanol–water partition coefficient (Wildman–Crippen LogP) is 3.49. The van der Waals surface area contributed by atoms with E-state index in [1.165, 1.54) is 0 Å². The zero-order valence-electron chi connectivity index (χ0n) is 14.2. The van der Waals surface area contributed by atoms with E-state index in [2.05, 4.69) is 28.7 Å². The molecule has 24 heavy (non-hydrogen) atoms. The summed E-state index contributed by atoms with van der Waals surface area (Å²) in [5, 5.41) is 3.10. The highest BCUT2D eigenvalue weighted by Gasteiger charge is 2.22. The topological polar surface area (TPSA) is 59.8 Å². The third-order valence-electron chi connectivity index (χ3n) is 4.04. The highest BCUT2D eigenvalue weighted by molar-refractivity contribution is 5.92. The van der Waals surface area contributed by atoms with Crippen molar-refractivity contribution in [2.24, 2.45) is 13.0 Å². The number of carbonyl (C=O) groups is 1. The van der Waals surface area contributed by atoms with Crippen molar-refractivity contribution >= 4 is 16.9 Å². The summed E-state index contributed by atoms with van der Waals surface area (Å²) in [5.74, 6) is 1.13. The lowest BCUT2D eigenvalue weighted by molar-refractivity contribution is 0.0924. The van der Waals surface area contributed by atoms with Gasteiger partial charge in [0, 0.05) is 13.2 Å². The van der Waals surface area contributed by atoms with Crippen molar-refractivity contribution < 1.29 is 4.79 Å². The summed E-state index contributed by atoms with van der Waals surface area (Å²) in [7, 11) is 1.99. The summed E-state index contributed by atoms with van der Waals surface area (Å²) in [5.41, 5.74) is 2.43. The van der Waals surface area contributed by atoms with E-state index in [0.717, 1.165) is 23.3 Å². The Kier molecular flexibility index (Phi) is 4.60. The van der Waals surface area contributed by atoms with Gasteiger partial charge in [-0.2, -0.15) is 0 Å². The summed E-state index contributed by atoms with van der Waals surface area (Å²) in [4.78, 5) is 21.4. The number of hydrogen-bond acceptors (Lipinski definition) is 3. The lowest BCUT2D eigenvalue weighted by Gasteiger charge is -2.20. The van der Waals surface area contributed by atoms with Gasteiger partial charge < -0.3 is 9.88 Å². The molecule has 0 bridgehead atoms. The first-order valence-electron chi connectivity index (χ1n) is 8.19. The summed E-state index contributed by atoms with van der Waals surface area (Å²) in [6, 6.07) is 13.2. The molecule has 1 aromatic carbocycles. The maximum atomic E-state index is 12.5. The second-order valence-electron chi connectivity index (χ2n) is 6.39. The van der Waals surface area contributed by atoms with Gasteiger partial charge in [0.2, 0.25) is 0 Å². The molecular formula is C19H22N4O. The second-order valence-corrected chi connectivity index (χ2v) is 6.39. The molecule has 5 heteroatoms. The van der Waals surface area contributed by atoms with Gasteiger partial charge in [-0.1, -0.05) is 32.0 Å². The van der Waals surface area contributed by atoms with E-state index in [0.29, 0.717) is 11.6 Å². The fraction of sp³-hybridized carbons (Fsp3) is 0.316. The molecule has 124 valence electrons. The molecule has 2 aromatic heterocycles. The van der Waals surface area contributed by atoms with E-state index in [1.54, 1.807) is 18.3 Å². The number of nitrogens with zero attached hydrogens (tertiary/aromatic N) is 3. The minimum atomic E-state index is -0.173. The average Bonchev–Trinajstić information content (AvgIpc) is 2.92. The number of pyridine rings is 1. The number of rotatable bonds is 5. The van der Waals surface area contributed by atoms with E-state index in [9.17, 15) is 4.79 Å². The minimum Gasteiger partial charge on any atom is -0.341 e. The Morgan fingerprint density at radius 2 is 1.92 bits per heavy atom. The maximum absolute atomic E-state index is 12.5. The molecule has 0 radical (unpaired) electrons. The molecule has 0 saturated heterocycles. The van der Waals surface area contributed by atoms with Gasteiger partial charge >= 0.3 is 0 Å². The second kappa shape index (κ2) is 6.83. The van der Waals surface area contributed by atoms with Crippen molar-refractivity contribution in [2.75, 3.05) is 0 Å². The van der Waals surface area contributed by atoms with Crippen LogP contribution in [0.5, 0.6) is 0 Å². The van der Waals surface area contributed by atoms with Crippen molar-refractivity contribution in [2.45, 2.75) is 26.3 Å². The predicted molar refractivity (Wildman–Crippen MR) is 94.6 cm³/mol. The maximum Gasteiger partial charge on any atom is 0.270 e. The largest absolute Gasteiger partial charge is 0.341 e. The van der Waals surface area contributed by atoms with Crippen molar-refractivity contribution in [3.05, 3.63) is 60.2 Å². The number of imidazole rings is 1. The molecule has 0 fully saturated rings. The zero-order valence-corrected chi connectivity index (χ0v) is 14.2. The highest BCUT2D eigenvalue weighted by Crippen LogP contribution is 2.24. The average molecular weight is 322 g/mol. The lowest BCUT2D eigenvalue weighted by Crippen LogP contribution is -2.31. The SMILES string of the molecule is CC(C)CC(NC(=O)c1ccccn1)c1nc2ccccc2n1C. The van der Waals surface area contributed by atoms with E-state index >= 15 is 0 Å². The Balaban J connectivity index is 1.93. The number of carbonyl (C=O) groups excluding carboxylic acids is 1. The molecule has 0 aliphatic rings. The highest BCUT2D eigenvalue weighted by atomic mass is 16.1. The Hall–Kier alpha value is -2.69. The first-order chi connectivity index (χ1) is 11.6. The Morgan fingerprint density at radius 3 is 2.58 bits per heavy atom. The van der Waals surface area contributed by atoms with Gasteiger partial charge in [0.15, 0.2) is 0 Å². The number of nitrogens with one attached hydrogen (secondary N) is 1. The number of hydrogen-bond donors (Lipinski definition) is 1. The third kappa shape index (κ3) is 3.30. The van der Waals surface area contributed by atoms with E-state index in [1.807, 2.05) is 37.4 Å². The van der Waals surface area contributed by atoms with E-state index in [4.69, 9.17) is 4.98 Å². The first kappa shape index (κ1) is 16.2. The molecule has 2 heterocycles. The Bertz CT molecular complexity index is 839. The van der Waals surface area contributed by atoms with Crippen LogP contribution in [0.25, 0.3) is 11.0 Å². The fourth-order valence-corrected chi connectivity index (χ4v) is 2.91. The van der Waals surface area contributed by atoms with E-state index < -0.39 is 0 Å². The van der Waals surface area contributed by atoms with Crippen LogP contribution in [0, 0.1) is 5.92 Å². The molecule has 0 spiro atoms. The number of aromatic nitrogens is 3. The standard InChI is InChI=1S/C19H22N4O/c1-13(2)12-16(22-19(24)15-9-6-7-11-20-15)18-21-14-8-4-5-10-17(14)23(18)3/h4-11,13,16H,12H2,1-3H3,(H,22,24). The Labute approximate surface area is 141 Å². The van der Waals surface area contributed by atoms with Crippen LogP contribution >= 0.6 is 0 Å². The number of aryl methyl sites for hydroxylation is 1. The van der Waals surface area contributed by atoms with Crippen molar-refractivity contribution in [3.63, 3.8) is 0 Å². The summed E-state index contributed by atoms with van der Waals surface area (Å²) in [6.45, 7) is 4.28. The molecule has 0 saturated carbocycles. The van der Waals surface area contributed by atoms with Crippen LogP contribution in [0.4, 0.5) is 0 Å². The molecule has 0 aliphatic carbocycles. The molecule has 3 aromatic rings. The number of para-hydroxylation sites is 2. The van der Waals surface area contributed by atoms with Crippen molar-refractivity contribution in [1.29, 1.82) is 0 Å².